The summed E-state index contributed by atoms with van der Waals surface area (Å²) in [6.07, 6.45) is 0. The maximum absolute atomic E-state index is 12.6. The summed E-state index contributed by atoms with van der Waals surface area (Å²) in [5.74, 6) is 1.51. The van der Waals surface area contributed by atoms with Gasteiger partial charge in [-0.15, -0.1) is 0 Å². The number of hydrogen-bond acceptors (Lipinski definition) is 2. The monoisotopic (exact) mass is 332 g/mol. The highest BCUT2D eigenvalue weighted by Crippen LogP contribution is 2.25. The summed E-state index contributed by atoms with van der Waals surface area (Å²) in [6.45, 7) is 0. The Kier molecular flexibility index (Phi) is 5.00. The van der Waals surface area contributed by atoms with Crippen molar-refractivity contribution in [1.82, 2.24) is 0 Å². The Bertz CT molecular complexity index is 818. The number of carbonyl (C=O) groups is 1. The van der Waals surface area contributed by atoms with E-state index in [4.69, 9.17) is 4.74 Å². The maximum Gasteiger partial charge on any atom is 0.328 e. The third-order valence-corrected chi connectivity index (χ3v) is 3.92. The normalized spacial score (nSPS) is 10.2. The second-order valence-electron chi connectivity index (χ2n) is 5.65. The van der Waals surface area contributed by atoms with Gasteiger partial charge in [0.05, 0.1) is 0 Å². The van der Waals surface area contributed by atoms with Gasteiger partial charge in [0.15, 0.2) is 0 Å². The lowest BCUT2D eigenvalue weighted by Crippen LogP contribution is -2.38. The molecule has 0 fully saturated rings. The van der Waals surface area contributed by atoms with Crippen LogP contribution < -0.4 is 14.5 Å². The van der Waals surface area contributed by atoms with E-state index in [1.165, 1.54) is 0 Å². The van der Waals surface area contributed by atoms with E-state index in [0.29, 0.717) is 0 Å². The van der Waals surface area contributed by atoms with E-state index >= 15 is 0 Å². The number of urea groups is 1. The first kappa shape index (κ1) is 16.6. The maximum atomic E-state index is 12.6. The molecule has 0 aliphatic carbocycles. The highest BCUT2D eigenvalue weighted by atomic mass is 16.5. The Morgan fingerprint density at radius 3 is 1.64 bits per heavy atom. The van der Waals surface area contributed by atoms with Gasteiger partial charge in [0.1, 0.15) is 11.5 Å². The predicted molar refractivity (Wildman–Crippen MR) is 102 cm³/mol. The van der Waals surface area contributed by atoms with Gasteiger partial charge in [-0.05, 0) is 48.5 Å². The van der Waals surface area contributed by atoms with Crippen molar-refractivity contribution in [3.63, 3.8) is 0 Å². The zero-order valence-electron chi connectivity index (χ0n) is 14.3. The summed E-state index contributed by atoms with van der Waals surface area (Å²) in [4.78, 5) is 15.9. The van der Waals surface area contributed by atoms with Gasteiger partial charge < -0.3 is 4.74 Å². The van der Waals surface area contributed by atoms with Crippen molar-refractivity contribution in [2.24, 2.45) is 0 Å². The van der Waals surface area contributed by atoms with Gasteiger partial charge >= 0.3 is 6.03 Å². The van der Waals surface area contributed by atoms with E-state index < -0.39 is 0 Å². The van der Waals surface area contributed by atoms with Gasteiger partial charge in [-0.1, -0.05) is 36.4 Å². The van der Waals surface area contributed by atoms with Crippen LogP contribution in [0.25, 0.3) is 0 Å². The molecular formula is C21H20N2O2. The second kappa shape index (κ2) is 7.53. The fourth-order valence-electron chi connectivity index (χ4n) is 2.46. The van der Waals surface area contributed by atoms with Crippen LogP contribution in [0.3, 0.4) is 0 Å². The van der Waals surface area contributed by atoms with E-state index in [1.807, 2.05) is 84.9 Å². The van der Waals surface area contributed by atoms with Crippen LogP contribution in [0.2, 0.25) is 0 Å². The molecule has 0 aliphatic rings. The zero-order valence-corrected chi connectivity index (χ0v) is 14.3. The number of amides is 2. The van der Waals surface area contributed by atoms with Gasteiger partial charge in [-0.3, -0.25) is 9.80 Å². The highest BCUT2D eigenvalue weighted by molar-refractivity contribution is 6.02. The molecule has 0 spiro atoms. The smallest absolute Gasteiger partial charge is 0.328 e. The molecule has 25 heavy (non-hydrogen) atoms. The molecule has 3 aromatic rings. The fraction of sp³-hybridized carbons (Fsp3) is 0.0952. The van der Waals surface area contributed by atoms with Gasteiger partial charge in [0.25, 0.3) is 0 Å². The van der Waals surface area contributed by atoms with Crippen LogP contribution in [0.1, 0.15) is 0 Å². The first-order valence-electron chi connectivity index (χ1n) is 8.04. The predicted octanol–water partition coefficient (Wildman–Crippen LogP) is 5.17. The number of anilines is 2. The number of hydrogen-bond donors (Lipinski definition) is 0. The van der Waals surface area contributed by atoms with E-state index in [-0.39, 0.29) is 6.03 Å². The lowest BCUT2D eigenvalue weighted by molar-refractivity contribution is 0.253. The van der Waals surface area contributed by atoms with Crippen molar-refractivity contribution in [3.05, 3.63) is 84.9 Å². The highest BCUT2D eigenvalue weighted by Gasteiger charge is 2.17. The molecule has 4 heteroatoms. The molecule has 4 nitrogen and oxygen atoms in total. The van der Waals surface area contributed by atoms with Crippen LogP contribution in [0, 0.1) is 0 Å². The molecule has 0 radical (unpaired) electrons. The summed E-state index contributed by atoms with van der Waals surface area (Å²) in [7, 11) is 3.52. The first-order valence-corrected chi connectivity index (χ1v) is 8.04. The minimum Gasteiger partial charge on any atom is -0.457 e. The summed E-state index contributed by atoms with van der Waals surface area (Å²) in [5.41, 5.74) is 1.65. The average Bonchev–Trinajstić information content (AvgIpc) is 2.68. The molecule has 0 N–H and O–H groups in total. The molecule has 3 rings (SSSR count). The molecule has 2 amide bonds. The molecule has 0 saturated carbocycles. The number of para-hydroxylation sites is 2. The standard InChI is InChI=1S/C21H20N2O2/c1-22(17-9-5-3-6-10-17)21(24)23(2)18-13-15-20(16-14-18)25-19-11-7-4-8-12-19/h3-16H,1-2H3. The van der Waals surface area contributed by atoms with Crippen LogP contribution in [-0.2, 0) is 0 Å². The number of nitrogens with zero attached hydrogens (tertiary/aromatic N) is 2. The van der Waals surface area contributed by atoms with Crippen molar-refractivity contribution in [2.45, 2.75) is 0 Å². The lowest BCUT2D eigenvalue weighted by atomic mass is 10.2. The minimum absolute atomic E-state index is 0.108. The minimum atomic E-state index is -0.108. The van der Waals surface area contributed by atoms with Crippen molar-refractivity contribution >= 4 is 17.4 Å². The van der Waals surface area contributed by atoms with Crippen LogP contribution in [0.15, 0.2) is 84.9 Å². The molecule has 0 unspecified atom stereocenters. The van der Waals surface area contributed by atoms with E-state index in [2.05, 4.69) is 0 Å². The molecule has 0 heterocycles. The zero-order chi connectivity index (χ0) is 17.6. The SMILES string of the molecule is CN(C(=O)N(C)c1ccc(Oc2ccccc2)cc1)c1ccccc1. The van der Waals surface area contributed by atoms with E-state index in [0.717, 1.165) is 22.9 Å². The summed E-state index contributed by atoms with van der Waals surface area (Å²) < 4.78 is 5.78. The molecule has 0 atom stereocenters. The molecule has 0 saturated heterocycles. The number of benzene rings is 3. The van der Waals surface area contributed by atoms with Crippen molar-refractivity contribution in [2.75, 3.05) is 23.9 Å². The average molecular weight is 332 g/mol. The van der Waals surface area contributed by atoms with Crippen molar-refractivity contribution in [3.8, 4) is 11.5 Å². The van der Waals surface area contributed by atoms with Crippen LogP contribution in [0.4, 0.5) is 16.2 Å². The van der Waals surface area contributed by atoms with Gasteiger partial charge in [0.2, 0.25) is 0 Å². The first-order chi connectivity index (χ1) is 12.1. The number of ether oxygens (including phenoxy) is 1. The second-order valence-corrected chi connectivity index (χ2v) is 5.65. The van der Waals surface area contributed by atoms with E-state index in [9.17, 15) is 4.79 Å². The third kappa shape index (κ3) is 3.98. The summed E-state index contributed by atoms with van der Waals surface area (Å²) in [6, 6.07) is 26.5. The Morgan fingerprint density at radius 2 is 1.08 bits per heavy atom. The Balaban J connectivity index is 1.70. The summed E-state index contributed by atoms with van der Waals surface area (Å²) in [5, 5.41) is 0. The Hall–Kier alpha value is -3.27. The van der Waals surface area contributed by atoms with Crippen molar-refractivity contribution < 1.29 is 9.53 Å². The lowest BCUT2D eigenvalue weighted by Gasteiger charge is -2.25. The molecule has 0 bridgehead atoms. The molecule has 0 aliphatic heterocycles. The van der Waals surface area contributed by atoms with Gasteiger partial charge in [-0.25, -0.2) is 4.79 Å². The Morgan fingerprint density at radius 1 is 0.640 bits per heavy atom. The molecular weight excluding hydrogens is 312 g/mol. The number of rotatable bonds is 4. The third-order valence-electron chi connectivity index (χ3n) is 3.92. The van der Waals surface area contributed by atoms with Gasteiger partial charge in [-0.2, -0.15) is 0 Å². The number of carbonyl (C=O) groups excluding carboxylic acids is 1. The van der Waals surface area contributed by atoms with Gasteiger partial charge in [0, 0.05) is 25.5 Å². The molecule has 126 valence electrons. The van der Waals surface area contributed by atoms with E-state index in [1.54, 1.807) is 23.9 Å². The van der Waals surface area contributed by atoms with Crippen LogP contribution >= 0.6 is 0 Å². The summed E-state index contributed by atoms with van der Waals surface area (Å²) >= 11 is 0. The molecule has 0 aromatic heterocycles. The molecule has 3 aromatic carbocycles. The van der Waals surface area contributed by atoms with Crippen molar-refractivity contribution in [1.29, 1.82) is 0 Å². The fourth-order valence-corrected chi connectivity index (χ4v) is 2.46. The quantitative estimate of drug-likeness (QED) is 0.660. The van der Waals surface area contributed by atoms with Crippen LogP contribution in [-0.4, -0.2) is 20.1 Å². The topological polar surface area (TPSA) is 32.8 Å². The largest absolute Gasteiger partial charge is 0.457 e. The van der Waals surface area contributed by atoms with Crippen LogP contribution in [0.5, 0.6) is 11.5 Å². The Labute approximate surface area is 147 Å².